The van der Waals surface area contributed by atoms with Gasteiger partial charge in [-0.3, -0.25) is 9.69 Å². The van der Waals surface area contributed by atoms with Crippen molar-refractivity contribution in [2.75, 3.05) is 54.3 Å². The highest BCUT2D eigenvalue weighted by Gasteiger charge is 2.27. The first-order chi connectivity index (χ1) is 20.1. The Bertz CT molecular complexity index is 1540. The molecule has 2 aliphatic rings. The molecule has 212 valence electrons. The van der Waals surface area contributed by atoms with Crippen molar-refractivity contribution in [3.8, 4) is 45.7 Å². The van der Waals surface area contributed by atoms with Crippen LogP contribution in [0.1, 0.15) is 16.1 Å². The van der Waals surface area contributed by atoms with Gasteiger partial charge in [0.05, 0.1) is 32.7 Å². The van der Waals surface area contributed by atoms with Crippen LogP contribution in [-0.2, 0) is 6.54 Å². The zero-order valence-corrected chi connectivity index (χ0v) is 23.3. The van der Waals surface area contributed by atoms with Crippen LogP contribution in [0, 0.1) is 0 Å². The second-order valence-electron chi connectivity index (χ2n) is 9.85. The molecule has 1 aromatic heterocycles. The first kappa shape index (κ1) is 26.5. The van der Waals surface area contributed by atoms with Crippen molar-refractivity contribution < 1.29 is 28.5 Å². The van der Waals surface area contributed by atoms with E-state index >= 15 is 0 Å². The molecular formula is C31H32N4O6. The van der Waals surface area contributed by atoms with Crippen LogP contribution in [0.3, 0.4) is 0 Å². The molecule has 0 saturated carbocycles. The van der Waals surface area contributed by atoms with Crippen LogP contribution < -0.4 is 23.7 Å². The first-order valence-electron chi connectivity index (χ1n) is 13.4. The Morgan fingerprint density at radius 1 is 0.805 bits per heavy atom. The molecule has 0 radical (unpaired) electrons. The molecule has 0 aliphatic carbocycles. The minimum absolute atomic E-state index is 0.0743. The van der Waals surface area contributed by atoms with Crippen molar-refractivity contribution in [1.29, 1.82) is 0 Å². The van der Waals surface area contributed by atoms with Crippen molar-refractivity contribution in [1.82, 2.24) is 19.6 Å². The number of piperazine rings is 1. The smallest absolute Gasteiger partial charge is 0.272 e. The fourth-order valence-electron chi connectivity index (χ4n) is 5.16. The molecular weight excluding hydrogens is 524 g/mol. The zero-order valence-electron chi connectivity index (χ0n) is 23.3. The molecule has 1 fully saturated rings. The zero-order chi connectivity index (χ0) is 28.3. The van der Waals surface area contributed by atoms with E-state index in [1.807, 2.05) is 65.6 Å². The van der Waals surface area contributed by atoms with Crippen molar-refractivity contribution in [3.63, 3.8) is 0 Å². The third kappa shape index (κ3) is 5.38. The molecule has 41 heavy (non-hydrogen) atoms. The number of amides is 1. The average molecular weight is 557 g/mol. The van der Waals surface area contributed by atoms with Gasteiger partial charge in [-0.05, 0) is 60.2 Å². The molecule has 1 saturated heterocycles. The maximum absolute atomic E-state index is 13.9. The van der Waals surface area contributed by atoms with Crippen molar-refractivity contribution >= 4 is 5.91 Å². The van der Waals surface area contributed by atoms with Gasteiger partial charge in [0.2, 0.25) is 6.79 Å². The van der Waals surface area contributed by atoms with Crippen LogP contribution >= 0.6 is 0 Å². The second kappa shape index (κ2) is 11.4. The highest BCUT2D eigenvalue weighted by molar-refractivity contribution is 5.94. The van der Waals surface area contributed by atoms with E-state index in [0.717, 1.165) is 53.7 Å². The maximum Gasteiger partial charge on any atom is 0.272 e. The Balaban J connectivity index is 1.24. The van der Waals surface area contributed by atoms with Crippen molar-refractivity contribution in [2.24, 2.45) is 0 Å². The van der Waals surface area contributed by atoms with Gasteiger partial charge in [-0.1, -0.05) is 6.07 Å². The third-order valence-corrected chi connectivity index (χ3v) is 7.43. The van der Waals surface area contributed by atoms with Crippen LogP contribution in [0.2, 0.25) is 0 Å². The molecule has 0 unspecified atom stereocenters. The van der Waals surface area contributed by atoms with E-state index in [9.17, 15) is 4.79 Å². The summed E-state index contributed by atoms with van der Waals surface area (Å²) in [5, 5.41) is 4.86. The number of hydrogen-bond acceptors (Lipinski definition) is 8. The Labute approximate surface area is 238 Å². The Morgan fingerprint density at radius 2 is 1.54 bits per heavy atom. The molecule has 0 atom stereocenters. The molecule has 0 N–H and O–H groups in total. The molecule has 1 amide bonds. The summed E-state index contributed by atoms with van der Waals surface area (Å²) in [5.41, 5.74) is 3.79. The van der Waals surface area contributed by atoms with Gasteiger partial charge >= 0.3 is 0 Å². The molecule has 10 heteroatoms. The normalized spacial score (nSPS) is 14.7. The van der Waals surface area contributed by atoms with Gasteiger partial charge in [0.1, 0.15) is 22.9 Å². The third-order valence-electron chi connectivity index (χ3n) is 7.43. The van der Waals surface area contributed by atoms with Crippen LogP contribution in [-0.4, -0.2) is 79.8 Å². The van der Waals surface area contributed by atoms with Gasteiger partial charge in [0.15, 0.2) is 11.5 Å². The fourth-order valence-corrected chi connectivity index (χ4v) is 5.16. The predicted octanol–water partition coefficient (Wildman–Crippen LogP) is 4.25. The minimum atomic E-state index is -0.0743. The summed E-state index contributed by atoms with van der Waals surface area (Å²) < 4.78 is 29.0. The Kier molecular flexibility index (Phi) is 7.39. The van der Waals surface area contributed by atoms with Gasteiger partial charge < -0.3 is 28.6 Å². The summed E-state index contributed by atoms with van der Waals surface area (Å²) in [7, 11) is 4.84. The largest absolute Gasteiger partial charge is 0.497 e. The summed E-state index contributed by atoms with van der Waals surface area (Å²) in [4.78, 5) is 18.2. The Hall–Kier alpha value is -4.70. The summed E-state index contributed by atoms with van der Waals surface area (Å²) in [6.45, 7) is 3.78. The molecule has 0 bridgehead atoms. The molecule has 10 nitrogen and oxygen atoms in total. The lowest BCUT2D eigenvalue weighted by Gasteiger charge is -2.34. The molecule has 3 heterocycles. The number of ether oxygens (including phenoxy) is 5. The van der Waals surface area contributed by atoms with E-state index in [1.165, 1.54) is 0 Å². The van der Waals surface area contributed by atoms with Gasteiger partial charge in [0, 0.05) is 44.4 Å². The summed E-state index contributed by atoms with van der Waals surface area (Å²) in [6, 6.07) is 20.9. The van der Waals surface area contributed by atoms with Gasteiger partial charge in [-0.2, -0.15) is 5.10 Å². The lowest BCUT2D eigenvalue weighted by molar-refractivity contribution is 0.0619. The average Bonchev–Trinajstić information content (AvgIpc) is 3.68. The highest BCUT2D eigenvalue weighted by Crippen LogP contribution is 2.35. The fraction of sp³-hybridized carbons (Fsp3) is 0.290. The minimum Gasteiger partial charge on any atom is -0.497 e. The summed E-state index contributed by atoms with van der Waals surface area (Å²) in [6.07, 6.45) is 0. The van der Waals surface area contributed by atoms with E-state index in [-0.39, 0.29) is 12.7 Å². The maximum atomic E-state index is 13.9. The standard InChI is InChI=1S/C31H32N4O6/c1-37-23-7-5-22(6-8-23)35-27(18-26(32-35)25-10-9-24(38-2)17-29(25)39-3)31(36)34-14-12-33(13-15-34)19-21-4-11-28-30(16-21)41-20-40-28/h4-11,16-18H,12-15,19-20H2,1-3H3. The lowest BCUT2D eigenvalue weighted by atomic mass is 10.1. The monoisotopic (exact) mass is 556 g/mol. The van der Waals surface area contributed by atoms with E-state index in [1.54, 1.807) is 26.0 Å². The van der Waals surface area contributed by atoms with Crippen LogP contribution in [0.5, 0.6) is 28.7 Å². The predicted molar refractivity (Wildman–Crippen MR) is 152 cm³/mol. The second-order valence-corrected chi connectivity index (χ2v) is 9.85. The highest BCUT2D eigenvalue weighted by atomic mass is 16.7. The van der Waals surface area contributed by atoms with E-state index in [0.29, 0.717) is 36.0 Å². The topological polar surface area (TPSA) is 87.5 Å². The number of aromatic nitrogens is 2. The molecule has 3 aromatic carbocycles. The van der Waals surface area contributed by atoms with E-state index < -0.39 is 0 Å². The number of carbonyl (C=O) groups excluding carboxylic acids is 1. The molecule has 4 aromatic rings. The van der Waals surface area contributed by atoms with Crippen molar-refractivity contribution in [3.05, 3.63) is 78.0 Å². The van der Waals surface area contributed by atoms with E-state index in [2.05, 4.69) is 11.0 Å². The first-order valence-corrected chi connectivity index (χ1v) is 13.4. The lowest BCUT2D eigenvalue weighted by Crippen LogP contribution is -2.48. The number of methoxy groups -OCH3 is 3. The van der Waals surface area contributed by atoms with Gasteiger partial charge in [-0.25, -0.2) is 4.68 Å². The number of fused-ring (bicyclic) bond motifs is 1. The van der Waals surface area contributed by atoms with Crippen LogP contribution in [0.4, 0.5) is 0 Å². The number of hydrogen-bond donors (Lipinski definition) is 0. The quantitative estimate of drug-likeness (QED) is 0.318. The van der Waals surface area contributed by atoms with Crippen molar-refractivity contribution in [2.45, 2.75) is 6.54 Å². The SMILES string of the molecule is COc1ccc(-n2nc(-c3ccc(OC)cc3OC)cc2C(=O)N2CCN(Cc3ccc4c(c3)OCO4)CC2)cc1. The summed E-state index contributed by atoms with van der Waals surface area (Å²) >= 11 is 0. The van der Waals surface area contributed by atoms with Gasteiger partial charge in [-0.15, -0.1) is 0 Å². The molecule has 2 aliphatic heterocycles. The van der Waals surface area contributed by atoms with Gasteiger partial charge in [0.25, 0.3) is 5.91 Å². The number of benzene rings is 3. The number of nitrogens with zero attached hydrogens (tertiary/aromatic N) is 4. The number of rotatable bonds is 8. The van der Waals surface area contributed by atoms with E-state index in [4.69, 9.17) is 28.8 Å². The van der Waals surface area contributed by atoms with Crippen LogP contribution in [0.15, 0.2) is 66.7 Å². The Morgan fingerprint density at radius 3 is 2.27 bits per heavy atom. The molecule has 6 rings (SSSR count). The number of carbonyl (C=O) groups is 1. The summed E-state index contributed by atoms with van der Waals surface area (Å²) in [5.74, 6) is 3.51. The molecule has 0 spiro atoms. The van der Waals surface area contributed by atoms with Crippen LogP contribution in [0.25, 0.3) is 16.9 Å².